The summed E-state index contributed by atoms with van der Waals surface area (Å²) in [4.78, 5) is 20.9. The Labute approximate surface area is 69.7 Å². The number of aliphatic carboxylic acids is 1. The molecule has 0 rings (SSSR count). The highest BCUT2D eigenvalue weighted by atomic mass is 16.5. The number of carboxylic acid groups (broad SMARTS) is 1. The molecule has 0 aliphatic rings. The van der Waals surface area contributed by atoms with Crippen LogP contribution in [0.15, 0.2) is 0 Å². The Morgan fingerprint density at radius 3 is 2.58 bits per heavy atom. The van der Waals surface area contributed by atoms with Crippen LogP contribution in [0.4, 0.5) is 0 Å². The maximum atomic E-state index is 10.9. The average Bonchev–Trinajstić information content (AvgIpc) is 2.03. The van der Waals surface area contributed by atoms with Crippen molar-refractivity contribution >= 4 is 11.9 Å². The van der Waals surface area contributed by atoms with Gasteiger partial charge in [-0.25, -0.2) is 0 Å². The van der Waals surface area contributed by atoms with Gasteiger partial charge in [-0.1, -0.05) is 0 Å². The summed E-state index contributed by atoms with van der Waals surface area (Å²) >= 11 is 0. The van der Waals surface area contributed by atoms with Crippen LogP contribution in [0.25, 0.3) is 0 Å². The number of carbonyl (C=O) groups excluding carboxylic acids is 1. The van der Waals surface area contributed by atoms with Gasteiger partial charge >= 0.3 is 5.97 Å². The molecule has 0 aromatic carbocycles. The molecular formula is C6H12N2O4. The van der Waals surface area contributed by atoms with E-state index < -0.39 is 24.5 Å². The van der Waals surface area contributed by atoms with Crippen molar-refractivity contribution in [2.75, 3.05) is 20.2 Å². The zero-order chi connectivity index (χ0) is 9.56. The molecule has 1 atom stereocenters. The molecule has 1 unspecified atom stereocenters. The highest BCUT2D eigenvalue weighted by molar-refractivity contribution is 5.84. The number of carboxylic acids is 1. The lowest BCUT2D eigenvalue weighted by molar-refractivity contribution is -0.139. The van der Waals surface area contributed by atoms with Crippen molar-refractivity contribution < 1.29 is 19.4 Å². The molecule has 0 aromatic rings. The first kappa shape index (κ1) is 10.9. The molecule has 0 aromatic heterocycles. The van der Waals surface area contributed by atoms with Crippen LogP contribution in [-0.2, 0) is 14.3 Å². The lowest BCUT2D eigenvalue weighted by atomic mass is 10.3. The van der Waals surface area contributed by atoms with Crippen molar-refractivity contribution in [3.05, 3.63) is 0 Å². The maximum absolute atomic E-state index is 10.9. The molecule has 6 nitrogen and oxygen atoms in total. The van der Waals surface area contributed by atoms with Gasteiger partial charge in [-0.2, -0.15) is 0 Å². The SMILES string of the molecule is COC(CN)C(=O)NCC(=O)O. The van der Waals surface area contributed by atoms with Gasteiger partial charge in [-0.3, -0.25) is 9.59 Å². The summed E-state index contributed by atoms with van der Waals surface area (Å²) in [5.74, 6) is -1.61. The van der Waals surface area contributed by atoms with Gasteiger partial charge in [0.2, 0.25) is 0 Å². The molecular weight excluding hydrogens is 164 g/mol. The Balaban J connectivity index is 3.77. The predicted octanol–water partition coefficient (Wildman–Crippen LogP) is -1.84. The maximum Gasteiger partial charge on any atom is 0.322 e. The van der Waals surface area contributed by atoms with Gasteiger partial charge in [0.1, 0.15) is 12.6 Å². The summed E-state index contributed by atoms with van der Waals surface area (Å²) < 4.78 is 4.66. The Bertz CT molecular complexity index is 167. The van der Waals surface area contributed by atoms with E-state index in [9.17, 15) is 9.59 Å². The number of ether oxygens (including phenoxy) is 1. The zero-order valence-electron chi connectivity index (χ0n) is 6.74. The third-order valence-electron chi connectivity index (χ3n) is 1.20. The highest BCUT2D eigenvalue weighted by Crippen LogP contribution is 1.85. The van der Waals surface area contributed by atoms with E-state index in [1.165, 1.54) is 7.11 Å². The molecule has 0 fully saturated rings. The highest BCUT2D eigenvalue weighted by Gasteiger charge is 2.15. The minimum absolute atomic E-state index is 0.0297. The summed E-state index contributed by atoms with van der Waals surface area (Å²) in [5, 5.41) is 10.3. The average molecular weight is 176 g/mol. The van der Waals surface area contributed by atoms with Gasteiger partial charge in [-0.05, 0) is 0 Å². The van der Waals surface area contributed by atoms with Gasteiger partial charge in [0.15, 0.2) is 0 Å². The van der Waals surface area contributed by atoms with Crippen LogP contribution >= 0.6 is 0 Å². The van der Waals surface area contributed by atoms with Crippen molar-refractivity contribution in [1.29, 1.82) is 0 Å². The fourth-order valence-electron chi connectivity index (χ4n) is 0.587. The first-order valence-corrected chi connectivity index (χ1v) is 3.34. The van der Waals surface area contributed by atoms with E-state index in [4.69, 9.17) is 10.8 Å². The molecule has 0 spiro atoms. The zero-order valence-corrected chi connectivity index (χ0v) is 6.74. The van der Waals surface area contributed by atoms with Crippen molar-refractivity contribution in [1.82, 2.24) is 5.32 Å². The molecule has 4 N–H and O–H groups in total. The summed E-state index contributed by atoms with van der Waals surface area (Å²) in [5.41, 5.74) is 5.16. The normalized spacial score (nSPS) is 12.2. The van der Waals surface area contributed by atoms with Gasteiger partial charge in [-0.15, -0.1) is 0 Å². The van der Waals surface area contributed by atoms with E-state index in [-0.39, 0.29) is 6.54 Å². The Kier molecular flexibility index (Phi) is 4.98. The molecule has 0 radical (unpaired) electrons. The molecule has 0 aliphatic carbocycles. The lowest BCUT2D eigenvalue weighted by Gasteiger charge is -2.11. The number of hydrogen-bond acceptors (Lipinski definition) is 4. The third-order valence-corrected chi connectivity index (χ3v) is 1.20. The van der Waals surface area contributed by atoms with Crippen LogP contribution < -0.4 is 11.1 Å². The predicted molar refractivity (Wildman–Crippen MR) is 40.5 cm³/mol. The fourth-order valence-corrected chi connectivity index (χ4v) is 0.587. The molecule has 0 bridgehead atoms. The second kappa shape index (κ2) is 5.50. The standard InChI is InChI=1S/C6H12N2O4/c1-12-4(2-7)6(11)8-3-5(9)10/h4H,2-3,7H2,1H3,(H,8,11)(H,9,10). The largest absolute Gasteiger partial charge is 0.480 e. The van der Waals surface area contributed by atoms with Gasteiger partial charge in [0, 0.05) is 13.7 Å². The number of nitrogens with one attached hydrogen (secondary N) is 1. The number of hydrogen-bond donors (Lipinski definition) is 3. The molecule has 0 aliphatic heterocycles. The number of amides is 1. The first-order valence-electron chi connectivity index (χ1n) is 3.34. The minimum atomic E-state index is -1.10. The number of nitrogens with two attached hydrogens (primary N) is 1. The topological polar surface area (TPSA) is 102 Å². The van der Waals surface area contributed by atoms with Crippen LogP contribution in [0.2, 0.25) is 0 Å². The molecule has 0 saturated carbocycles. The van der Waals surface area contributed by atoms with E-state index in [0.717, 1.165) is 0 Å². The van der Waals surface area contributed by atoms with Crippen LogP contribution in [0.3, 0.4) is 0 Å². The van der Waals surface area contributed by atoms with Crippen molar-refractivity contribution in [3.63, 3.8) is 0 Å². The fraction of sp³-hybridized carbons (Fsp3) is 0.667. The Morgan fingerprint density at radius 1 is 1.67 bits per heavy atom. The van der Waals surface area contributed by atoms with E-state index >= 15 is 0 Å². The van der Waals surface area contributed by atoms with Crippen molar-refractivity contribution in [2.24, 2.45) is 5.73 Å². The lowest BCUT2D eigenvalue weighted by Crippen LogP contribution is -2.42. The van der Waals surface area contributed by atoms with Crippen LogP contribution in [0.1, 0.15) is 0 Å². The smallest absolute Gasteiger partial charge is 0.322 e. The van der Waals surface area contributed by atoms with E-state index in [1.807, 2.05) is 0 Å². The quantitative estimate of drug-likeness (QED) is 0.457. The van der Waals surface area contributed by atoms with E-state index in [1.54, 1.807) is 0 Å². The number of carbonyl (C=O) groups is 2. The molecule has 70 valence electrons. The number of rotatable bonds is 5. The first-order chi connectivity index (χ1) is 5.61. The van der Waals surface area contributed by atoms with Crippen molar-refractivity contribution in [3.8, 4) is 0 Å². The van der Waals surface area contributed by atoms with Crippen LogP contribution in [-0.4, -0.2) is 43.3 Å². The Hall–Kier alpha value is -1.14. The monoisotopic (exact) mass is 176 g/mol. The molecule has 0 saturated heterocycles. The number of methoxy groups -OCH3 is 1. The summed E-state index contributed by atoms with van der Waals surface area (Å²) in [6.07, 6.45) is -0.774. The molecule has 1 amide bonds. The van der Waals surface area contributed by atoms with Gasteiger partial charge in [0.05, 0.1) is 0 Å². The summed E-state index contributed by atoms with van der Waals surface area (Å²) in [6.45, 7) is -0.388. The van der Waals surface area contributed by atoms with Crippen LogP contribution in [0.5, 0.6) is 0 Å². The van der Waals surface area contributed by atoms with Gasteiger partial charge in [0.25, 0.3) is 5.91 Å². The van der Waals surface area contributed by atoms with E-state index in [0.29, 0.717) is 0 Å². The van der Waals surface area contributed by atoms with Gasteiger partial charge < -0.3 is 20.9 Å². The molecule has 6 heteroatoms. The summed E-state index contributed by atoms with van der Waals surface area (Å²) in [6, 6.07) is 0. The minimum Gasteiger partial charge on any atom is -0.480 e. The molecule has 12 heavy (non-hydrogen) atoms. The van der Waals surface area contributed by atoms with Crippen LogP contribution in [0, 0.1) is 0 Å². The third kappa shape index (κ3) is 3.89. The second-order valence-corrected chi connectivity index (χ2v) is 2.07. The van der Waals surface area contributed by atoms with E-state index in [2.05, 4.69) is 10.1 Å². The van der Waals surface area contributed by atoms with Crippen molar-refractivity contribution in [2.45, 2.75) is 6.10 Å². The Morgan fingerprint density at radius 2 is 2.25 bits per heavy atom. The summed E-state index contributed by atoms with van der Waals surface area (Å²) in [7, 11) is 1.33. The molecule has 0 heterocycles. The second-order valence-electron chi connectivity index (χ2n) is 2.07.